The summed E-state index contributed by atoms with van der Waals surface area (Å²) in [6.07, 6.45) is 3.95. The average Bonchev–Trinajstić information content (AvgIpc) is 3.20. The Morgan fingerprint density at radius 1 is 1.58 bits per heavy atom. The highest BCUT2D eigenvalue weighted by molar-refractivity contribution is 5.93. The van der Waals surface area contributed by atoms with Crippen molar-refractivity contribution < 1.29 is 13.9 Å². The van der Waals surface area contributed by atoms with E-state index in [1.165, 1.54) is 6.26 Å². The van der Waals surface area contributed by atoms with E-state index in [0.29, 0.717) is 25.5 Å². The molecule has 0 spiro atoms. The number of fused-ring (bicyclic) bond motifs is 1. The van der Waals surface area contributed by atoms with Crippen LogP contribution in [0, 0.1) is 6.92 Å². The Kier molecular flexibility index (Phi) is 4.80. The minimum absolute atomic E-state index is 0.138. The Labute approximate surface area is 140 Å². The van der Waals surface area contributed by atoms with Gasteiger partial charge in [0, 0.05) is 25.1 Å². The summed E-state index contributed by atoms with van der Waals surface area (Å²) < 4.78 is 12.9. The monoisotopic (exact) mass is 330 g/mol. The van der Waals surface area contributed by atoms with Crippen molar-refractivity contribution in [3.63, 3.8) is 0 Å². The second-order valence-corrected chi connectivity index (χ2v) is 5.76. The molecular formula is C17H22N4O3. The molecule has 1 aliphatic rings. The largest absolute Gasteiger partial charge is 0.459 e. The first kappa shape index (κ1) is 16.4. The zero-order valence-electron chi connectivity index (χ0n) is 14.1. The lowest BCUT2D eigenvalue weighted by Crippen LogP contribution is -2.42. The number of ether oxygens (including phenoxy) is 1. The van der Waals surface area contributed by atoms with Gasteiger partial charge in [-0.1, -0.05) is 11.3 Å². The summed E-state index contributed by atoms with van der Waals surface area (Å²) in [5, 5.41) is 8.51. The second-order valence-electron chi connectivity index (χ2n) is 5.76. The van der Waals surface area contributed by atoms with Crippen LogP contribution >= 0.6 is 0 Å². The first-order valence-corrected chi connectivity index (χ1v) is 8.13. The minimum atomic E-state index is -0.272. The van der Waals surface area contributed by atoms with Crippen LogP contribution in [0.3, 0.4) is 0 Å². The Morgan fingerprint density at radius 3 is 3.08 bits per heavy atom. The van der Waals surface area contributed by atoms with Crippen LogP contribution in [0.25, 0.3) is 0 Å². The van der Waals surface area contributed by atoms with Gasteiger partial charge in [0.1, 0.15) is 11.7 Å². The van der Waals surface area contributed by atoms with Crippen molar-refractivity contribution >= 4 is 5.91 Å². The third-order valence-electron chi connectivity index (χ3n) is 4.28. The summed E-state index contributed by atoms with van der Waals surface area (Å²) in [5.74, 6) is 0.233. The molecule has 0 fully saturated rings. The molecule has 3 rings (SSSR count). The van der Waals surface area contributed by atoms with Gasteiger partial charge in [0.05, 0.1) is 25.2 Å². The maximum atomic E-state index is 12.9. The third-order valence-corrected chi connectivity index (χ3v) is 4.28. The van der Waals surface area contributed by atoms with E-state index in [-0.39, 0.29) is 11.9 Å². The van der Waals surface area contributed by atoms with Crippen molar-refractivity contribution in [1.29, 1.82) is 0 Å². The van der Waals surface area contributed by atoms with Gasteiger partial charge in [0.2, 0.25) is 0 Å². The predicted octanol–water partition coefficient (Wildman–Crippen LogP) is 2.14. The molecule has 0 radical (unpaired) electrons. The molecule has 0 aromatic carbocycles. The molecule has 7 nitrogen and oxygen atoms in total. The van der Waals surface area contributed by atoms with Crippen LogP contribution in [0.2, 0.25) is 0 Å². The summed E-state index contributed by atoms with van der Waals surface area (Å²) in [4.78, 5) is 14.7. The normalized spacial score (nSPS) is 16.9. The van der Waals surface area contributed by atoms with Gasteiger partial charge in [-0.15, -0.1) is 11.7 Å². The van der Waals surface area contributed by atoms with E-state index < -0.39 is 0 Å². The number of furan rings is 1. The SMILES string of the molecule is C=CCOCC1c2nnn(CC)c2CCN1C(=O)c1occc1C. The molecule has 2 aromatic heterocycles. The fourth-order valence-corrected chi connectivity index (χ4v) is 3.04. The Balaban J connectivity index is 1.91. The lowest BCUT2D eigenvalue weighted by atomic mass is 10.0. The second kappa shape index (κ2) is 7.00. The maximum Gasteiger partial charge on any atom is 0.290 e. The average molecular weight is 330 g/mol. The number of hydrogen-bond donors (Lipinski definition) is 0. The Morgan fingerprint density at radius 2 is 2.42 bits per heavy atom. The molecular weight excluding hydrogens is 308 g/mol. The molecule has 24 heavy (non-hydrogen) atoms. The predicted molar refractivity (Wildman–Crippen MR) is 87.6 cm³/mol. The lowest BCUT2D eigenvalue weighted by molar-refractivity contribution is 0.0410. The molecule has 0 bridgehead atoms. The third kappa shape index (κ3) is 2.87. The molecule has 7 heteroatoms. The summed E-state index contributed by atoms with van der Waals surface area (Å²) in [6, 6.07) is 1.52. The number of amides is 1. The summed E-state index contributed by atoms with van der Waals surface area (Å²) in [5.41, 5.74) is 2.71. The van der Waals surface area contributed by atoms with Gasteiger partial charge in [-0.3, -0.25) is 4.79 Å². The maximum absolute atomic E-state index is 12.9. The molecule has 1 amide bonds. The van der Waals surface area contributed by atoms with E-state index in [9.17, 15) is 4.79 Å². The van der Waals surface area contributed by atoms with E-state index in [4.69, 9.17) is 9.15 Å². The van der Waals surface area contributed by atoms with E-state index >= 15 is 0 Å². The number of rotatable bonds is 6. The van der Waals surface area contributed by atoms with Crippen LogP contribution in [0.15, 0.2) is 29.4 Å². The first-order chi connectivity index (χ1) is 11.7. The van der Waals surface area contributed by atoms with Gasteiger partial charge >= 0.3 is 0 Å². The standard InChI is InChI=1S/C17H22N4O3/c1-4-9-23-11-14-15-13(21(5-2)19-18-15)6-8-20(14)17(22)16-12(3)7-10-24-16/h4,7,10,14H,1,5-6,8-9,11H2,2-3H3. The molecule has 128 valence electrons. The van der Waals surface area contributed by atoms with Crippen LogP contribution in [0.4, 0.5) is 0 Å². The zero-order valence-corrected chi connectivity index (χ0v) is 14.1. The molecule has 0 N–H and O–H groups in total. The van der Waals surface area contributed by atoms with Crippen molar-refractivity contribution in [1.82, 2.24) is 19.9 Å². The summed E-state index contributed by atoms with van der Waals surface area (Å²) in [6.45, 7) is 9.67. The van der Waals surface area contributed by atoms with Crippen molar-refractivity contribution in [3.05, 3.63) is 47.7 Å². The Hall–Kier alpha value is -2.41. The molecule has 0 saturated heterocycles. The molecule has 1 atom stereocenters. The number of aryl methyl sites for hydroxylation is 2. The molecule has 3 heterocycles. The van der Waals surface area contributed by atoms with Crippen LogP contribution < -0.4 is 0 Å². The highest BCUT2D eigenvalue weighted by Crippen LogP contribution is 2.30. The van der Waals surface area contributed by atoms with Crippen LogP contribution in [-0.2, 0) is 17.7 Å². The topological polar surface area (TPSA) is 73.4 Å². The fraction of sp³-hybridized carbons (Fsp3) is 0.471. The molecule has 0 saturated carbocycles. The summed E-state index contributed by atoms with van der Waals surface area (Å²) >= 11 is 0. The van der Waals surface area contributed by atoms with Crippen molar-refractivity contribution in [3.8, 4) is 0 Å². The smallest absolute Gasteiger partial charge is 0.290 e. The zero-order chi connectivity index (χ0) is 17.1. The van der Waals surface area contributed by atoms with E-state index in [1.54, 1.807) is 17.0 Å². The van der Waals surface area contributed by atoms with Crippen molar-refractivity contribution in [2.75, 3.05) is 19.8 Å². The van der Waals surface area contributed by atoms with E-state index in [2.05, 4.69) is 16.9 Å². The quantitative estimate of drug-likeness (QED) is 0.599. The number of hydrogen-bond acceptors (Lipinski definition) is 5. The minimum Gasteiger partial charge on any atom is -0.459 e. The van der Waals surface area contributed by atoms with Gasteiger partial charge in [0.25, 0.3) is 5.91 Å². The van der Waals surface area contributed by atoms with Gasteiger partial charge in [-0.2, -0.15) is 0 Å². The van der Waals surface area contributed by atoms with Gasteiger partial charge in [0.15, 0.2) is 5.76 Å². The van der Waals surface area contributed by atoms with Gasteiger partial charge in [-0.25, -0.2) is 4.68 Å². The number of nitrogens with zero attached hydrogens (tertiary/aromatic N) is 4. The van der Waals surface area contributed by atoms with Gasteiger partial charge in [-0.05, 0) is 19.9 Å². The van der Waals surface area contributed by atoms with Crippen molar-refractivity contribution in [2.24, 2.45) is 0 Å². The van der Waals surface area contributed by atoms with Crippen LogP contribution in [-0.4, -0.2) is 45.6 Å². The van der Waals surface area contributed by atoms with Crippen LogP contribution in [0.1, 0.15) is 40.5 Å². The Bertz CT molecular complexity index is 734. The van der Waals surface area contributed by atoms with Crippen molar-refractivity contribution in [2.45, 2.75) is 32.9 Å². The number of carbonyl (C=O) groups is 1. The highest BCUT2D eigenvalue weighted by atomic mass is 16.5. The molecule has 0 aliphatic carbocycles. The van der Waals surface area contributed by atoms with E-state index in [1.807, 2.05) is 18.5 Å². The molecule has 2 aromatic rings. The number of carbonyl (C=O) groups excluding carboxylic acids is 1. The van der Waals surface area contributed by atoms with Gasteiger partial charge < -0.3 is 14.1 Å². The lowest BCUT2D eigenvalue weighted by Gasteiger charge is -2.34. The van der Waals surface area contributed by atoms with E-state index in [0.717, 1.165) is 29.9 Å². The summed E-state index contributed by atoms with van der Waals surface area (Å²) in [7, 11) is 0. The first-order valence-electron chi connectivity index (χ1n) is 8.13. The highest BCUT2D eigenvalue weighted by Gasteiger charge is 2.36. The fourth-order valence-electron chi connectivity index (χ4n) is 3.04. The van der Waals surface area contributed by atoms with Crippen LogP contribution in [0.5, 0.6) is 0 Å². The molecule has 1 aliphatic heterocycles. The molecule has 1 unspecified atom stereocenters. The number of aromatic nitrogens is 3.